The molecule has 0 aliphatic carbocycles. The lowest BCUT2D eigenvalue weighted by atomic mass is 10.4. The summed E-state index contributed by atoms with van der Waals surface area (Å²) in [5, 5.41) is 8.45. The van der Waals surface area contributed by atoms with Crippen LogP contribution in [0.15, 0.2) is 22.8 Å². The van der Waals surface area contributed by atoms with Crippen LogP contribution >= 0.6 is 0 Å². The Kier molecular flexibility index (Phi) is 4.67. The summed E-state index contributed by atoms with van der Waals surface area (Å²) in [7, 11) is -2.36. The lowest BCUT2D eigenvalue weighted by Gasteiger charge is -2.16. The highest BCUT2D eigenvalue weighted by molar-refractivity contribution is 7.87. The zero-order chi connectivity index (χ0) is 12.9. The lowest BCUT2D eigenvalue weighted by molar-refractivity contribution is -0.137. The van der Waals surface area contributed by atoms with E-state index in [0.29, 0.717) is 5.76 Å². The fourth-order valence-electron chi connectivity index (χ4n) is 1.06. The van der Waals surface area contributed by atoms with Crippen LogP contribution in [-0.2, 0) is 21.5 Å². The second-order valence-electron chi connectivity index (χ2n) is 3.37. The van der Waals surface area contributed by atoms with Gasteiger partial charge in [0.05, 0.1) is 19.2 Å². The number of aliphatic carboxylic acids is 1. The van der Waals surface area contributed by atoms with E-state index < -0.39 is 16.2 Å². The van der Waals surface area contributed by atoms with Crippen molar-refractivity contribution in [1.29, 1.82) is 0 Å². The van der Waals surface area contributed by atoms with Gasteiger partial charge in [0.25, 0.3) is 10.2 Å². The average Bonchev–Trinajstić information content (AvgIpc) is 2.75. The Morgan fingerprint density at radius 1 is 1.59 bits per heavy atom. The molecule has 96 valence electrons. The third-order valence-electron chi connectivity index (χ3n) is 2.06. The van der Waals surface area contributed by atoms with E-state index in [1.807, 2.05) is 0 Å². The summed E-state index contributed by atoms with van der Waals surface area (Å²) in [6.45, 7) is -0.0461. The van der Waals surface area contributed by atoms with Gasteiger partial charge >= 0.3 is 5.97 Å². The van der Waals surface area contributed by atoms with Gasteiger partial charge in [-0.15, -0.1) is 0 Å². The number of hydrogen-bond donors (Lipinski definition) is 2. The molecule has 8 heteroatoms. The van der Waals surface area contributed by atoms with Gasteiger partial charge in [0.2, 0.25) is 0 Å². The first-order valence-electron chi connectivity index (χ1n) is 4.87. The molecule has 1 aromatic rings. The van der Waals surface area contributed by atoms with Crippen molar-refractivity contribution in [2.24, 2.45) is 0 Å². The van der Waals surface area contributed by atoms with Gasteiger partial charge < -0.3 is 9.52 Å². The van der Waals surface area contributed by atoms with Gasteiger partial charge in [-0.05, 0) is 12.1 Å². The SMILES string of the molecule is CN(CCC(=O)O)S(=O)(=O)NCc1ccco1. The topological polar surface area (TPSA) is 99.9 Å². The second-order valence-corrected chi connectivity index (χ2v) is 5.23. The molecule has 0 saturated heterocycles. The standard InChI is InChI=1S/C9H14N2O5S/c1-11(5-4-9(12)13)17(14,15)10-7-8-3-2-6-16-8/h2-3,6,10H,4-5,7H2,1H3,(H,12,13). The maximum Gasteiger partial charge on any atom is 0.304 e. The predicted octanol–water partition coefficient (Wildman–Crippen LogP) is 0.0205. The highest BCUT2D eigenvalue weighted by Gasteiger charge is 2.18. The molecule has 1 rings (SSSR count). The maximum absolute atomic E-state index is 11.6. The number of nitrogens with one attached hydrogen (secondary N) is 1. The van der Waals surface area contributed by atoms with Gasteiger partial charge in [0.1, 0.15) is 5.76 Å². The summed E-state index contributed by atoms with van der Waals surface area (Å²) in [4.78, 5) is 10.3. The number of carboxylic acids is 1. The Labute approximate surface area is 99.2 Å². The first-order valence-corrected chi connectivity index (χ1v) is 6.31. The first-order chi connectivity index (χ1) is 7.92. The number of carbonyl (C=O) groups is 1. The van der Waals surface area contributed by atoms with E-state index in [4.69, 9.17) is 9.52 Å². The van der Waals surface area contributed by atoms with E-state index in [0.717, 1.165) is 4.31 Å². The normalized spacial score (nSPS) is 11.9. The number of carboxylic acid groups (broad SMARTS) is 1. The van der Waals surface area contributed by atoms with Crippen molar-refractivity contribution in [3.8, 4) is 0 Å². The Morgan fingerprint density at radius 2 is 2.29 bits per heavy atom. The number of nitrogens with zero attached hydrogens (tertiary/aromatic N) is 1. The highest BCUT2D eigenvalue weighted by atomic mass is 32.2. The van der Waals surface area contributed by atoms with Crippen LogP contribution in [0, 0.1) is 0 Å². The van der Waals surface area contributed by atoms with Crippen LogP contribution in [-0.4, -0.2) is 37.4 Å². The van der Waals surface area contributed by atoms with Crippen molar-refractivity contribution in [2.45, 2.75) is 13.0 Å². The molecule has 0 radical (unpaired) electrons. The molecule has 0 spiro atoms. The number of furan rings is 1. The van der Waals surface area contributed by atoms with Crippen molar-refractivity contribution in [3.05, 3.63) is 24.2 Å². The summed E-state index contributed by atoms with van der Waals surface area (Å²) in [6.07, 6.45) is 1.20. The van der Waals surface area contributed by atoms with Gasteiger partial charge in [-0.3, -0.25) is 4.79 Å². The van der Waals surface area contributed by atoms with E-state index in [1.165, 1.54) is 13.3 Å². The minimum Gasteiger partial charge on any atom is -0.481 e. The van der Waals surface area contributed by atoms with E-state index in [-0.39, 0.29) is 19.5 Å². The minimum atomic E-state index is -3.67. The van der Waals surface area contributed by atoms with Crippen LogP contribution < -0.4 is 4.72 Å². The van der Waals surface area contributed by atoms with Gasteiger partial charge in [0.15, 0.2) is 0 Å². The molecule has 0 saturated carbocycles. The van der Waals surface area contributed by atoms with Crippen molar-refractivity contribution >= 4 is 16.2 Å². The molecule has 0 bridgehead atoms. The quantitative estimate of drug-likeness (QED) is 0.721. The minimum absolute atomic E-state index is 0.0345. The predicted molar refractivity (Wildman–Crippen MR) is 59.4 cm³/mol. The van der Waals surface area contributed by atoms with Crippen LogP contribution in [0.3, 0.4) is 0 Å². The Hall–Kier alpha value is -1.38. The molecule has 1 aromatic heterocycles. The fraction of sp³-hybridized carbons (Fsp3) is 0.444. The largest absolute Gasteiger partial charge is 0.481 e. The summed E-state index contributed by atoms with van der Waals surface area (Å²) < 4.78 is 31.4. The second kappa shape index (κ2) is 5.80. The third kappa shape index (κ3) is 4.55. The molecule has 0 aliphatic rings. The molecule has 7 nitrogen and oxygen atoms in total. The first kappa shape index (κ1) is 13.7. The summed E-state index contributed by atoms with van der Waals surface area (Å²) in [5.74, 6) is -0.557. The number of hydrogen-bond acceptors (Lipinski definition) is 4. The van der Waals surface area contributed by atoms with Gasteiger partial charge in [0, 0.05) is 13.6 Å². The maximum atomic E-state index is 11.6. The van der Waals surface area contributed by atoms with E-state index >= 15 is 0 Å². The zero-order valence-electron chi connectivity index (χ0n) is 9.29. The zero-order valence-corrected chi connectivity index (χ0v) is 10.1. The van der Waals surface area contributed by atoms with E-state index in [9.17, 15) is 13.2 Å². The summed E-state index contributed by atoms with van der Waals surface area (Å²) in [5.41, 5.74) is 0. The van der Waals surface area contributed by atoms with Crippen LogP contribution in [0.5, 0.6) is 0 Å². The monoisotopic (exact) mass is 262 g/mol. The van der Waals surface area contributed by atoms with Gasteiger partial charge in [-0.1, -0.05) is 0 Å². The van der Waals surface area contributed by atoms with Crippen molar-refractivity contribution in [2.75, 3.05) is 13.6 Å². The average molecular weight is 262 g/mol. The molecule has 0 amide bonds. The van der Waals surface area contributed by atoms with Crippen LogP contribution in [0.25, 0.3) is 0 Å². The molecule has 0 aromatic carbocycles. The van der Waals surface area contributed by atoms with Crippen LogP contribution in [0.4, 0.5) is 0 Å². The smallest absolute Gasteiger partial charge is 0.304 e. The lowest BCUT2D eigenvalue weighted by Crippen LogP contribution is -2.38. The van der Waals surface area contributed by atoms with Crippen molar-refractivity contribution in [1.82, 2.24) is 9.03 Å². The number of rotatable bonds is 7. The van der Waals surface area contributed by atoms with Crippen molar-refractivity contribution < 1.29 is 22.7 Å². The Bertz CT molecular complexity index is 454. The third-order valence-corrected chi connectivity index (χ3v) is 3.57. The highest BCUT2D eigenvalue weighted by Crippen LogP contribution is 2.02. The fourth-order valence-corrected chi connectivity index (χ4v) is 1.94. The molecule has 0 atom stereocenters. The van der Waals surface area contributed by atoms with Crippen LogP contribution in [0.2, 0.25) is 0 Å². The summed E-state index contributed by atoms with van der Waals surface area (Å²) in [6, 6.07) is 3.29. The summed E-state index contributed by atoms with van der Waals surface area (Å²) >= 11 is 0. The molecule has 0 unspecified atom stereocenters. The molecule has 17 heavy (non-hydrogen) atoms. The van der Waals surface area contributed by atoms with Crippen LogP contribution in [0.1, 0.15) is 12.2 Å². The van der Waals surface area contributed by atoms with Crippen molar-refractivity contribution in [3.63, 3.8) is 0 Å². The molecule has 0 aliphatic heterocycles. The van der Waals surface area contributed by atoms with E-state index in [2.05, 4.69) is 4.72 Å². The Balaban J connectivity index is 2.47. The molecule has 1 heterocycles. The Morgan fingerprint density at radius 3 is 2.82 bits per heavy atom. The molecular weight excluding hydrogens is 248 g/mol. The molecule has 2 N–H and O–H groups in total. The van der Waals surface area contributed by atoms with Gasteiger partial charge in [-0.2, -0.15) is 17.4 Å². The molecular formula is C9H14N2O5S. The van der Waals surface area contributed by atoms with Gasteiger partial charge in [-0.25, -0.2) is 0 Å². The van der Waals surface area contributed by atoms with E-state index in [1.54, 1.807) is 12.1 Å². The molecule has 0 fully saturated rings.